The van der Waals surface area contributed by atoms with E-state index in [1.807, 2.05) is 5.38 Å². The van der Waals surface area contributed by atoms with Gasteiger partial charge in [0.25, 0.3) is 0 Å². The highest BCUT2D eigenvalue weighted by Crippen LogP contribution is 2.21. The molecule has 2 aromatic rings. The summed E-state index contributed by atoms with van der Waals surface area (Å²) in [6.07, 6.45) is 0. The summed E-state index contributed by atoms with van der Waals surface area (Å²) in [5, 5.41) is 14.1. The predicted molar refractivity (Wildman–Crippen MR) is 89.7 cm³/mol. The van der Waals surface area contributed by atoms with Gasteiger partial charge >= 0.3 is 0 Å². The van der Waals surface area contributed by atoms with Crippen molar-refractivity contribution in [3.63, 3.8) is 0 Å². The first-order valence-corrected chi connectivity index (χ1v) is 8.64. The monoisotopic (exact) mass is 320 g/mol. The molecule has 0 aliphatic carbocycles. The van der Waals surface area contributed by atoms with E-state index in [0.29, 0.717) is 5.92 Å². The Hall–Kier alpha value is -1.19. The van der Waals surface area contributed by atoms with Gasteiger partial charge in [-0.05, 0) is 13.1 Å². The fourth-order valence-corrected chi connectivity index (χ4v) is 3.65. The van der Waals surface area contributed by atoms with Crippen LogP contribution in [0.3, 0.4) is 0 Å². The maximum absolute atomic E-state index is 8.70. The van der Waals surface area contributed by atoms with Crippen molar-refractivity contribution in [2.24, 2.45) is 0 Å². The van der Waals surface area contributed by atoms with Gasteiger partial charge in [0.1, 0.15) is 6.61 Å². The molecule has 5 heteroatoms. The molecule has 0 spiro atoms. The molecule has 0 aliphatic rings. The summed E-state index contributed by atoms with van der Waals surface area (Å²) >= 11 is 3.45. The van der Waals surface area contributed by atoms with Crippen LogP contribution >= 0.6 is 22.7 Å². The van der Waals surface area contributed by atoms with E-state index in [4.69, 9.17) is 5.11 Å². The van der Waals surface area contributed by atoms with Crippen LogP contribution in [0.1, 0.15) is 40.9 Å². The Morgan fingerprint density at radius 3 is 2.76 bits per heavy atom. The Kier molecular flexibility index (Phi) is 5.95. The largest absolute Gasteiger partial charge is 0.384 e. The predicted octanol–water partition coefficient (Wildman–Crippen LogP) is 3.30. The fraction of sp³-hybridized carbons (Fsp3) is 0.438. The van der Waals surface area contributed by atoms with E-state index in [9.17, 15) is 0 Å². The Morgan fingerprint density at radius 2 is 2.10 bits per heavy atom. The fourth-order valence-electron chi connectivity index (χ4n) is 1.93. The number of aromatic nitrogens is 1. The highest BCUT2D eigenvalue weighted by molar-refractivity contribution is 7.10. The van der Waals surface area contributed by atoms with Crippen molar-refractivity contribution in [3.8, 4) is 11.8 Å². The van der Waals surface area contributed by atoms with Gasteiger partial charge in [0.15, 0.2) is 0 Å². The molecular formula is C16H20N2OS2. The maximum Gasteiger partial charge on any atom is 0.104 e. The topological polar surface area (TPSA) is 36.4 Å². The normalized spacial score (nSPS) is 11.0. The minimum Gasteiger partial charge on any atom is -0.384 e. The summed E-state index contributed by atoms with van der Waals surface area (Å²) in [4.78, 5) is 8.20. The molecule has 21 heavy (non-hydrogen) atoms. The van der Waals surface area contributed by atoms with Gasteiger partial charge in [-0.1, -0.05) is 25.7 Å². The number of aliphatic hydroxyl groups is 1. The molecule has 0 saturated heterocycles. The average molecular weight is 320 g/mol. The second-order valence-electron chi connectivity index (χ2n) is 5.27. The van der Waals surface area contributed by atoms with Crippen molar-refractivity contribution in [3.05, 3.63) is 38.0 Å². The highest BCUT2D eigenvalue weighted by Gasteiger charge is 2.09. The number of hydrogen-bond donors (Lipinski definition) is 1. The summed E-state index contributed by atoms with van der Waals surface area (Å²) in [5.41, 5.74) is 2.12. The van der Waals surface area contributed by atoms with E-state index in [1.165, 1.54) is 9.88 Å². The zero-order chi connectivity index (χ0) is 15.2. The van der Waals surface area contributed by atoms with Gasteiger partial charge in [-0.15, -0.1) is 22.7 Å². The van der Waals surface area contributed by atoms with E-state index in [-0.39, 0.29) is 6.61 Å². The van der Waals surface area contributed by atoms with Crippen molar-refractivity contribution in [2.45, 2.75) is 32.9 Å². The number of hydrogen-bond acceptors (Lipinski definition) is 5. The zero-order valence-corrected chi connectivity index (χ0v) is 14.2. The zero-order valence-electron chi connectivity index (χ0n) is 12.6. The van der Waals surface area contributed by atoms with Crippen LogP contribution < -0.4 is 0 Å². The third kappa shape index (κ3) is 4.94. The summed E-state index contributed by atoms with van der Waals surface area (Å²) < 4.78 is 0. The smallest absolute Gasteiger partial charge is 0.104 e. The quantitative estimate of drug-likeness (QED) is 0.859. The highest BCUT2D eigenvalue weighted by atomic mass is 32.1. The maximum atomic E-state index is 8.70. The van der Waals surface area contributed by atoms with Gasteiger partial charge in [-0.25, -0.2) is 4.98 Å². The number of nitrogens with zero attached hydrogens (tertiary/aromatic N) is 2. The van der Waals surface area contributed by atoms with Crippen molar-refractivity contribution in [1.82, 2.24) is 9.88 Å². The lowest BCUT2D eigenvalue weighted by Crippen LogP contribution is -2.16. The van der Waals surface area contributed by atoms with E-state index in [2.05, 4.69) is 54.1 Å². The molecule has 1 N–H and O–H groups in total. The molecular weight excluding hydrogens is 300 g/mol. The molecule has 0 bridgehead atoms. The molecule has 2 heterocycles. The first-order valence-electron chi connectivity index (χ1n) is 6.88. The molecule has 3 nitrogen and oxygen atoms in total. The third-order valence-corrected chi connectivity index (χ3v) is 5.00. The number of rotatable bonds is 5. The van der Waals surface area contributed by atoms with E-state index < -0.39 is 0 Å². The first kappa shape index (κ1) is 16.2. The average Bonchev–Trinajstić information content (AvgIpc) is 3.06. The van der Waals surface area contributed by atoms with Gasteiger partial charge in [0.2, 0.25) is 0 Å². The van der Waals surface area contributed by atoms with Crippen LogP contribution in [0.25, 0.3) is 0 Å². The SMILES string of the molecule is CC(C)c1nc(CN(C)Cc2cc(C#CCO)cs2)cs1. The van der Waals surface area contributed by atoms with Crippen LogP contribution in [0.15, 0.2) is 16.8 Å². The molecule has 2 aromatic heterocycles. The van der Waals surface area contributed by atoms with Crippen LogP contribution in [0.2, 0.25) is 0 Å². The van der Waals surface area contributed by atoms with Crippen LogP contribution in [-0.4, -0.2) is 28.6 Å². The van der Waals surface area contributed by atoms with Crippen molar-refractivity contribution >= 4 is 22.7 Å². The summed E-state index contributed by atoms with van der Waals surface area (Å²) in [6.45, 7) is 6.01. The second-order valence-corrected chi connectivity index (χ2v) is 7.15. The lowest BCUT2D eigenvalue weighted by molar-refractivity contribution is 0.318. The molecule has 0 radical (unpaired) electrons. The number of thiophene rings is 1. The summed E-state index contributed by atoms with van der Waals surface area (Å²) in [6, 6.07) is 2.09. The molecule has 0 atom stereocenters. The Balaban J connectivity index is 1.91. The molecule has 0 fully saturated rings. The van der Waals surface area contributed by atoms with Crippen molar-refractivity contribution in [2.75, 3.05) is 13.7 Å². The minimum atomic E-state index is -0.0902. The van der Waals surface area contributed by atoms with E-state index >= 15 is 0 Å². The molecule has 0 unspecified atom stereocenters. The molecule has 0 amide bonds. The van der Waals surface area contributed by atoms with Gasteiger partial charge in [0, 0.05) is 40.2 Å². The molecule has 0 aromatic carbocycles. The minimum absolute atomic E-state index is 0.0902. The van der Waals surface area contributed by atoms with Gasteiger partial charge in [-0.2, -0.15) is 0 Å². The molecule has 2 rings (SSSR count). The Bertz CT molecular complexity index is 634. The third-order valence-electron chi connectivity index (χ3n) is 2.89. The Morgan fingerprint density at radius 1 is 1.29 bits per heavy atom. The lowest BCUT2D eigenvalue weighted by atomic mass is 10.2. The summed E-state index contributed by atoms with van der Waals surface area (Å²) in [7, 11) is 2.10. The molecule has 0 saturated carbocycles. The van der Waals surface area contributed by atoms with Gasteiger partial charge in [0.05, 0.1) is 10.7 Å². The van der Waals surface area contributed by atoms with Crippen molar-refractivity contribution in [1.29, 1.82) is 0 Å². The van der Waals surface area contributed by atoms with Crippen LogP contribution in [0.5, 0.6) is 0 Å². The van der Waals surface area contributed by atoms with E-state index in [1.54, 1.807) is 22.7 Å². The van der Waals surface area contributed by atoms with Gasteiger partial charge in [-0.3, -0.25) is 4.90 Å². The van der Waals surface area contributed by atoms with Crippen LogP contribution in [-0.2, 0) is 13.1 Å². The first-order chi connectivity index (χ1) is 10.1. The van der Waals surface area contributed by atoms with Crippen LogP contribution in [0, 0.1) is 11.8 Å². The Labute approximate surface area is 134 Å². The summed E-state index contributed by atoms with van der Waals surface area (Å²) in [5.74, 6) is 6.11. The lowest BCUT2D eigenvalue weighted by Gasteiger charge is -2.13. The molecule has 112 valence electrons. The number of aliphatic hydroxyl groups excluding tert-OH is 1. The number of thiazole rings is 1. The van der Waals surface area contributed by atoms with Crippen LogP contribution in [0.4, 0.5) is 0 Å². The standard InChI is InChI=1S/C16H20N2OS2/c1-12(2)16-17-14(11-21-16)8-18(3)9-15-7-13(10-20-15)5-4-6-19/h7,10-12,19H,6,8-9H2,1-3H3. The van der Waals surface area contributed by atoms with E-state index in [0.717, 1.165) is 24.3 Å². The van der Waals surface area contributed by atoms with Gasteiger partial charge < -0.3 is 5.11 Å². The second kappa shape index (κ2) is 7.71. The molecule has 0 aliphatic heterocycles. The van der Waals surface area contributed by atoms with Crippen molar-refractivity contribution < 1.29 is 5.11 Å².